The highest BCUT2D eigenvalue weighted by Gasteiger charge is 2.50. The zero-order chi connectivity index (χ0) is 16.0. The van der Waals surface area contributed by atoms with Gasteiger partial charge in [0, 0.05) is 12.6 Å². The Morgan fingerprint density at radius 1 is 1.32 bits per heavy atom. The Kier molecular flexibility index (Phi) is 4.00. The molecule has 2 atom stereocenters. The summed E-state index contributed by atoms with van der Waals surface area (Å²) >= 11 is 3.45. The molecule has 0 unspecified atom stereocenters. The zero-order valence-electron chi connectivity index (χ0n) is 13.6. The number of para-hydroxylation sites is 1. The number of rotatable bonds is 3. The first-order valence-corrected chi connectivity index (χ1v) is 8.74. The van der Waals surface area contributed by atoms with E-state index in [0.29, 0.717) is 11.5 Å². The summed E-state index contributed by atoms with van der Waals surface area (Å²) in [5.41, 5.74) is 0.603. The Balaban J connectivity index is 1.65. The minimum Gasteiger partial charge on any atom is -0.483 e. The van der Waals surface area contributed by atoms with E-state index in [-0.39, 0.29) is 17.9 Å². The number of hydrogen-bond acceptors (Lipinski definition) is 2. The summed E-state index contributed by atoms with van der Waals surface area (Å²) in [4.78, 5) is 14.7. The van der Waals surface area contributed by atoms with Crippen molar-refractivity contribution in [3.8, 4) is 5.75 Å². The third-order valence-electron chi connectivity index (χ3n) is 4.92. The SMILES string of the molecule is CC1(C)C[C@H]2C[C@](C)(CN2C(=O)COc2ccccc2Br)C1. The van der Waals surface area contributed by atoms with Crippen molar-refractivity contribution >= 4 is 21.8 Å². The molecular formula is C18H24BrNO2. The molecule has 0 aromatic heterocycles. The molecule has 2 aliphatic rings. The second kappa shape index (κ2) is 5.55. The molecule has 22 heavy (non-hydrogen) atoms. The Labute approximate surface area is 141 Å². The van der Waals surface area contributed by atoms with E-state index in [9.17, 15) is 4.79 Å². The maximum Gasteiger partial charge on any atom is 0.260 e. The topological polar surface area (TPSA) is 29.5 Å². The predicted molar refractivity (Wildman–Crippen MR) is 90.9 cm³/mol. The Hall–Kier alpha value is -1.03. The van der Waals surface area contributed by atoms with E-state index in [2.05, 4.69) is 41.6 Å². The molecule has 0 N–H and O–H groups in total. The second-order valence-corrected chi connectivity index (χ2v) is 8.81. The van der Waals surface area contributed by atoms with Crippen molar-refractivity contribution in [3.63, 3.8) is 0 Å². The molecule has 1 heterocycles. The Morgan fingerprint density at radius 3 is 2.77 bits per heavy atom. The predicted octanol–water partition coefficient (Wildman–Crippen LogP) is 4.26. The third-order valence-corrected chi connectivity index (χ3v) is 5.58. The van der Waals surface area contributed by atoms with Crippen LogP contribution in [0.1, 0.15) is 40.0 Å². The van der Waals surface area contributed by atoms with Crippen LogP contribution in [0.15, 0.2) is 28.7 Å². The number of carbonyl (C=O) groups is 1. The van der Waals surface area contributed by atoms with Crippen LogP contribution in [0.5, 0.6) is 5.75 Å². The van der Waals surface area contributed by atoms with Gasteiger partial charge >= 0.3 is 0 Å². The smallest absolute Gasteiger partial charge is 0.260 e. The maximum atomic E-state index is 12.6. The van der Waals surface area contributed by atoms with Gasteiger partial charge in [-0.25, -0.2) is 0 Å². The quantitative estimate of drug-likeness (QED) is 0.800. The lowest BCUT2D eigenvalue weighted by atomic mass is 9.65. The van der Waals surface area contributed by atoms with Crippen LogP contribution in [-0.4, -0.2) is 30.0 Å². The standard InChI is InChI=1S/C18H24BrNO2/c1-17(2)8-13-9-18(3,11-17)12-20(13)16(21)10-22-15-7-5-4-6-14(15)19/h4-7,13H,8-12H2,1-3H3/t13-,18-/m0/s1. The number of ether oxygens (including phenoxy) is 1. The number of nitrogens with zero attached hydrogens (tertiary/aromatic N) is 1. The second-order valence-electron chi connectivity index (χ2n) is 7.95. The van der Waals surface area contributed by atoms with Gasteiger partial charge in [0.1, 0.15) is 5.75 Å². The lowest BCUT2D eigenvalue weighted by Crippen LogP contribution is -2.40. The van der Waals surface area contributed by atoms with Crippen LogP contribution in [0.25, 0.3) is 0 Å². The van der Waals surface area contributed by atoms with Crippen molar-refractivity contribution < 1.29 is 9.53 Å². The largest absolute Gasteiger partial charge is 0.483 e. The molecule has 3 rings (SSSR count). The molecule has 0 radical (unpaired) electrons. The van der Waals surface area contributed by atoms with Crippen molar-refractivity contribution in [1.82, 2.24) is 4.90 Å². The molecule has 3 nitrogen and oxygen atoms in total. The van der Waals surface area contributed by atoms with Crippen molar-refractivity contribution in [2.75, 3.05) is 13.2 Å². The molecule has 1 aromatic carbocycles. The average molecular weight is 366 g/mol. The van der Waals surface area contributed by atoms with E-state index in [1.54, 1.807) is 0 Å². The minimum absolute atomic E-state index is 0.113. The molecule has 0 spiro atoms. The molecule has 1 aliphatic carbocycles. The Bertz CT molecular complexity index is 586. The van der Waals surface area contributed by atoms with Gasteiger partial charge in [-0.3, -0.25) is 4.79 Å². The lowest BCUT2D eigenvalue weighted by Gasteiger charge is -2.39. The molecule has 120 valence electrons. The van der Waals surface area contributed by atoms with E-state index < -0.39 is 0 Å². The van der Waals surface area contributed by atoms with Gasteiger partial charge in [-0.05, 0) is 58.2 Å². The van der Waals surface area contributed by atoms with Gasteiger partial charge in [0.15, 0.2) is 6.61 Å². The van der Waals surface area contributed by atoms with Gasteiger partial charge in [-0.2, -0.15) is 0 Å². The number of hydrogen-bond donors (Lipinski definition) is 0. The normalized spacial score (nSPS) is 29.5. The molecule has 1 aromatic rings. The summed E-state index contributed by atoms with van der Waals surface area (Å²) in [5, 5.41) is 0. The van der Waals surface area contributed by atoms with E-state index in [4.69, 9.17) is 4.74 Å². The number of benzene rings is 1. The van der Waals surface area contributed by atoms with Crippen molar-refractivity contribution in [2.24, 2.45) is 10.8 Å². The van der Waals surface area contributed by atoms with Crippen LogP contribution in [0.4, 0.5) is 0 Å². The van der Waals surface area contributed by atoms with E-state index >= 15 is 0 Å². The summed E-state index contributed by atoms with van der Waals surface area (Å²) in [6, 6.07) is 8.03. The van der Waals surface area contributed by atoms with Crippen LogP contribution in [0.2, 0.25) is 0 Å². The first-order valence-electron chi connectivity index (χ1n) is 7.95. The number of amides is 1. The molecular weight excluding hydrogens is 342 g/mol. The number of halogens is 1. The van der Waals surface area contributed by atoms with Crippen LogP contribution >= 0.6 is 15.9 Å². The van der Waals surface area contributed by atoms with Crippen LogP contribution < -0.4 is 4.74 Å². The highest BCUT2D eigenvalue weighted by Crippen LogP contribution is 2.52. The molecule has 2 fully saturated rings. The summed E-state index contributed by atoms with van der Waals surface area (Å²) in [5.74, 6) is 0.840. The fourth-order valence-electron chi connectivity index (χ4n) is 4.54. The van der Waals surface area contributed by atoms with Crippen LogP contribution in [0.3, 0.4) is 0 Å². The number of fused-ring (bicyclic) bond motifs is 2. The molecule has 1 aliphatic heterocycles. The van der Waals surface area contributed by atoms with Crippen LogP contribution in [0, 0.1) is 10.8 Å². The number of carbonyl (C=O) groups excluding carboxylic acids is 1. The van der Waals surface area contributed by atoms with E-state index in [0.717, 1.165) is 29.6 Å². The first kappa shape index (κ1) is 15.9. The first-order chi connectivity index (χ1) is 10.3. The summed E-state index contributed by atoms with van der Waals surface area (Å²) in [7, 11) is 0. The summed E-state index contributed by atoms with van der Waals surface area (Å²) in [6.45, 7) is 7.96. The number of likely N-dealkylation sites (tertiary alicyclic amines) is 1. The Morgan fingerprint density at radius 2 is 2.05 bits per heavy atom. The molecule has 1 saturated carbocycles. The highest BCUT2D eigenvalue weighted by atomic mass is 79.9. The monoisotopic (exact) mass is 365 g/mol. The van der Waals surface area contributed by atoms with Crippen molar-refractivity contribution in [1.29, 1.82) is 0 Å². The average Bonchev–Trinajstić information content (AvgIpc) is 2.67. The van der Waals surface area contributed by atoms with Crippen LogP contribution in [-0.2, 0) is 4.79 Å². The zero-order valence-corrected chi connectivity index (χ0v) is 15.1. The van der Waals surface area contributed by atoms with Crippen molar-refractivity contribution in [2.45, 2.75) is 46.1 Å². The fourth-order valence-corrected chi connectivity index (χ4v) is 4.93. The van der Waals surface area contributed by atoms with Gasteiger partial charge in [0.25, 0.3) is 5.91 Å². The lowest BCUT2D eigenvalue weighted by molar-refractivity contribution is -0.134. The minimum atomic E-state index is 0.113. The van der Waals surface area contributed by atoms with Gasteiger partial charge < -0.3 is 9.64 Å². The molecule has 1 amide bonds. The highest BCUT2D eigenvalue weighted by molar-refractivity contribution is 9.10. The molecule has 2 bridgehead atoms. The maximum absolute atomic E-state index is 12.6. The molecule has 4 heteroatoms. The van der Waals surface area contributed by atoms with E-state index in [1.807, 2.05) is 24.3 Å². The summed E-state index contributed by atoms with van der Waals surface area (Å²) < 4.78 is 6.59. The summed E-state index contributed by atoms with van der Waals surface area (Å²) in [6.07, 6.45) is 3.44. The van der Waals surface area contributed by atoms with Gasteiger partial charge in [-0.1, -0.05) is 32.9 Å². The van der Waals surface area contributed by atoms with Gasteiger partial charge in [0.2, 0.25) is 0 Å². The van der Waals surface area contributed by atoms with Gasteiger partial charge in [0.05, 0.1) is 4.47 Å². The third kappa shape index (κ3) is 3.17. The van der Waals surface area contributed by atoms with E-state index in [1.165, 1.54) is 6.42 Å². The molecule has 1 saturated heterocycles. The van der Waals surface area contributed by atoms with Crippen molar-refractivity contribution in [3.05, 3.63) is 28.7 Å². The fraction of sp³-hybridized carbons (Fsp3) is 0.611. The van der Waals surface area contributed by atoms with Gasteiger partial charge in [-0.15, -0.1) is 0 Å².